The van der Waals surface area contributed by atoms with Crippen molar-refractivity contribution in [3.8, 4) is 0 Å². The van der Waals surface area contributed by atoms with E-state index in [9.17, 15) is 13.6 Å². The largest absolute Gasteiger partial charge is 0.380 e. The highest BCUT2D eigenvalue weighted by Gasteiger charge is 2.33. The smallest absolute Gasteiger partial charge is 0.300 e. The minimum absolute atomic E-state index is 0.424. The Morgan fingerprint density at radius 1 is 1.80 bits per heavy atom. The summed E-state index contributed by atoms with van der Waals surface area (Å²) in [5.74, 6) is -1.33. The molecule has 5 heteroatoms. The van der Waals surface area contributed by atoms with E-state index in [4.69, 9.17) is 0 Å². The van der Waals surface area contributed by atoms with Gasteiger partial charge >= 0.3 is 5.38 Å². The second-order valence-electron chi connectivity index (χ2n) is 1.57. The molecule has 0 bridgehead atoms. The molecule has 0 aliphatic heterocycles. The first-order chi connectivity index (χ1) is 4.48. The fraction of sp³-hybridized carbons (Fsp3) is 0.600. The third kappa shape index (κ3) is 3.50. The summed E-state index contributed by atoms with van der Waals surface area (Å²) in [6.45, 7) is 0. The fourth-order valence-corrected chi connectivity index (χ4v) is 0.367. The van der Waals surface area contributed by atoms with Crippen LogP contribution in [0.15, 0.2) is 4.99 Å². The van der Waals surface area contributed by atoms with Crippen molar-refractivity contribution in [2.45, 2.75) is 11.8 Å². The van der Waals surface area contributed by atoms with Crippen LogP contribution in [0.4, 0.5) is 8.78 Å². The van der Waals surface area contributed by atoms with E-state index in [0.29, 0.717) is 0 Å². The molecule has 0 spiro atoms. The molecule has 0 aromatic heterocycles. The molecule has 0 aliphatic carbocycles. The summed E-state index contributed by atoms with van der Waals surface area (Å²) >= 11 is 4.37. The molecular formula is C5H6ClF2NO. The van der Waals surface area contributed by atoms with Crippen molar-refractivity contribution in [1.82, 2.24) is 0 Å². The minimum Gasteiger partial charge on any atom is -0.300 e. The maximum atomic E-state index is 11.8. The van der Waals surface area contributed by atoms with Crippen LogP contribution in [0, 0.1) is 0 Å². The van der Waals surface area contributed by atoms with Crippen LogP contribution in [0.25, 0.3) is 0 Å². The molecule has 0 aromatic carbocycles. The average Bonchev–Trinajstić information content (AvgIpc) is 1.80. The number of halogens is 3. The highest BCUT2D eigenvalue weighted by Crippen LogP contribution is 2.20. The summed E-state index contributed by atoms with van der Waals surface area (Å²) in [6, 6.07) is 0. The van der Waals surface area contributed by atoms with Gasteiger partial charge in [-0.05, 0) is 11.6 Å². The number of carbonyl (C=O) groups excluding carboxylic acids is 1. The number of carbonyl (C=O) groups is 1. The van der Waals surface area contributed by atoms with E-state index in [1.807, 2.05) is 0 Å². The molecule has 0 atom stereocenters. The number of ketones is 1. The Kier molecular flexibility index (Phi) is 3.42. The molecule has 0 saturated heterocycles. The van der Waals surface area contributed by atoms with E-state index in [2.05, 4.69) is 16.6 Å². The van der Waals surface area contributed by atoms with Crippen LogP contribution in [0.2, 0.25) is 0 Å². The Hall–Kier alpha value is -0.510. The monoisotopic (exact) mass is 169 g/mol. The second-order valence-corrected chi connectivity index (χ2v) is 2.04. The summed E-state index contributed by atoms with van der Waals surface area (Å²) < 4.78 is 23.6. The van der Waals surface area contributed by atoms with Gasteiger partial charge in [0.1, 0.15) is 0 Å². The molecular weight excluding hydrogens is 164 g/mol. The van der Waals surface area contributed by atoms with Crippen LogP contribution in [0.1, 0.15) is 6.42 Å². The zero-order valence-corrected chi connectivity index (χ0v) is 6.03. The SMILES string of the molecule is CN=CCC(=O)C(F)(F)Cl. The molecule has 0 aromatic rings. The predicted octanol–water partition coefficient (Wildman–Crippen LogP) is 1.48. The Morgan fingerprint density at radius 2 is 2.30 bits per heavy atom. The lowest BCUT2D eigenvalue weighted by molar-refractivity contribution is -0.131. The standard InChI is InChI=1S/C5H6ClF2NO/c1-9-3-2-4(10)5(6,7)8/h3H,2H2,1H3. The van der Waals surface area contributed by atoms with Crippen molar-refractivity contribution in [1.29, 1.82) is 0 Å². The fourth-order valence-electron chi connectivity index (χ4n) is 0.290. The van der Waals surface area contributed by atoms with Crippen molar-refractivity contribution < 1.29 is 13.6 Å². The summed E-state index contributed by atoms with van der Waals surface area (Å²) in [5.41, 5.74) is 0. The molecule has 0 radical (unpaired) electrons. The van der Waals surface area contributed by atoms with Crippen molar-refractivity contribution in [2.75, 3.05) is 7.05 Å². The van der Waals surface area contributed by atoms with Crippen molar-refractivity contribution >= 4 is 23.6 Å². The molecule has 0 N–H and O–H groups in total. The summed E-state index contributed by atoms with van der Waals surface area (Å²) in [7, 11) is 1.39. The van der Waals surface area contributed by atoms with E-state index in [-0.39, 0.29) is 0 Å². The maximum absolute atomic E-state index is 11.8. The molecule has 0 aliphatic rings. The average molecular weight is 170 g/mol. The highest BCUT2D eigenvalue weighted by molar-refractivity contribution is 6.33. The van der Waals surface area contributed by atoms with Crippen LogP contribution >= 0.6 is 11.6 Å². The molecule has 0 fully saturated rings. The van der Waals surface area contributed by atoms with E-state index < -0.39 is 17.6 Å². The third-order valence-electron chi connectivity index (χ3n) is 0.775. The molecule has 0 unspecified atom stereocenters. The number of alkyl halides is 3. The maximum Gasteiger partial charge on any atom is 0.380 e. The molecule has 0 heterocycles. The molecule has 10 heavy (non-hydrogen) atoms. The Bertz CT molecular complexity index is 152. The Labute approximate surface area is 61.9 Å². The van der Waals surface area contributed by atoms with Gasteiger partial charge in [-0.25, -0.2) is 0 Å². The number of hydrogen-bond donors (Lipinski definition) is 0. The topological polar surface area (TPSA) is 29.4 Å². The van der Waals surface area contributed by atoms with Crippen molar-refractivity contribution in [3.05, 3.63) is 0 Å². The van der Waals surface area contributed by atoms with E-state index in [1.165, 1.54) is 7.05 Å². The number of aliphatic imine (C=N–C) groups is 1. The molecule has 0 amide bonds. The molecule has 0 saturated carbocycles. The third-order valence-corrected chi connectivity index (χ3v) is 0.986. The zero-order valence-electron chi connectivity index (χ0n) is 5.27. The van der Waals surface area contributed by atoms with Gasteiger partial charge in [-0.15, -0.1) is 0 Å². The number of nitrogens with zero attached hydrogens (tertiary/aromatic N) is 1. The van der Waals surface area contributed by atoms with Crippen LogP contribution in [-0.4, -0.2) is 24.4 Å². The van der Waals surface area contributed by atoms with Gasteiger partial charge in [-0.2, -0.15) is 8.78 Å². The van der Waals surface area contributed by atoms with E-state index >= 15 is 0 Å². The minimum atomic E-state index is -3.75. The van der Waals surface area contributed by atoms with Gasteiger partial charge in [0.15, 0.2) is 0 Å². The number of hydrogen-bond acceptors (Lipinski definition) is 2. The van der Waals surface area contributed by atoms with Gasteiger partial charge in [0, 0.05) is 19.7 Å². The molecule has 2 nitrogen and oxygen atoms in total. The second kappa shape index (κ2) is 3.61. The first-order valence-corrected chi connectivity index (χ1v) is 2.87. The zero-order chi connectivity index (χ0) is 8.20. The summed E-state index contributed by atoms with van der Waals surface area (Å²) in [5, 5.41) is -3.75. The highest BCUT2D eigenvalue weighted by atomic mass is 35.5. The van der Waals surface area contributed by atoms with Gasteiger partial charge in [0.25, 0.3) is 0 Å². The summed E-state index contributed by atoms with van der Waals surface area (Å²) in [4.78, 5) is 13.6. The summed E-state index contributed by atoms with van der Waals surface area (Å²) in [6.07, 6.45) is 0.658. The van der Waals surface area contributed by atoms with E-state index in [0.717, 1.165) is 6.21 Å². The first-order valence-electron chi connectivity index (χ1n) is 2.49. The molecule has 58 valence electrons. The van der Waals surface area contributed by atoms with Gasteiger partial charge < -0.3 is 4.99 Å². The first kappa shape index (κ1) is 9.49. The van der Waals surface area contributed by atoms with Crippen LogP contribution in [0.5, 0.6) is 0 Å². The van der Waals surface area contributed by atoms with Gasteiger partial charge in [0.2, 0.25) is 5.78 Å². The van der Waals surface area contributed by atoms with Crippen LogP contribution in [0.3, 0.4) is 0 Å². The van der Waals surface area contributed by atoms with Crippen LogP contribution < -0.4 is 0 Å². The quantitative estimate of drug-likeness (QED) is 0.465. The molecule has 0 rings (SSSR count). The lowest BCUT2D eigenvalue weighted by Crippen LogP contribution is -2.21. The van der Waals surface area contributed by atoms with Gasteiger partial charge in [0.05, 0.1) is 0 Å². The Balaban J connectivity index is 3.86. The van der Waals surface area contributed by atoms with Gasteiger partial charge in [-0.3, -0.25) is 4.79 Å². The van der Waals surface area contributed by atoms with Crippen LogP contribution in [-0.2, 0) is 4.79 Å². The number of Topliss-reactive ketones (excluding diaryl/α,β-unsaturated/α-hetero) is 1. The Morgan fingerprint density at radius 3 is 2.60 bits per heavy atom. The lowest BCUT2D eigenvalue weighted by atomic mass is 10.3. The van der Waals surface area contributed by atoms with Gasteiger partial charge in [-0.1, -0.05) is 0 Å². The lowest BCUT2D eigenvalue weighted by Gasteiger charge is -2.01. The normalized spacial score (nSPS) is 12.4. The predicted molar refractivity (Wildman–Crippen MR) is 34.8 cm³/mol. The van der Waals surface area contributed by atoms with E-state index in [1.54, 1.807) is 0 Å². The van der Waals surface area contributed by atoms with Crippen molar-refractivity contribution in [2.24, 2.45) is 4.99 Å². The number of rotatable bonds is 3. The van der Waals surface area contributed by atoms with Crippen molar-refractivity contribution in [3.63, 3.8) is 0 Å².